The zero-order valence-corrected chi connectivity index (χ0v) is 84.0. The first-order valence-electron chi connectivity index (χ1n) is 46.8. The molecule has 15 heterocycles. The number of aromatic nitrogens is 10. The van der Waals surface area contributed by atoms with E-state index in [1.807, 2.05) is 85.9 Å². The van der Waals surface area contributed by atoms with Crippen molar-refractivity contribution in [1.29, 1.82) is 0 Å². The number of allylic oxidation sites excluding steroid dienone is 22. The van der Waals surface area contributed by atoms with Gasteiger partial charge in [0, 0.05) is 76.7 Å². The lowest BCUT2D eigenvalue weighted by Gasteiger charge is -2.23. The summed E-state index contributed by atoms with van der Waals surface area (Å²) >= 11 is 3.68. The molecule has 0 radical (unpaired) electrons. The van der Waals surface area contributed by atoms with E-state index in [-0.39, 0.29) is 0 Å². The molecule has 22 rings (SSSR count). The highest BCUT2D eigenvalue weighted by atomic mass is 32.1. The van der Waals surface area contributed by atoms with Crippen LogP contribution in [0.1, 0.15) is 311 Å². The van der Waals surface area contributed by atoms with Gasteiger partial charge < -0.3 is 37.5 Å². The zero-order valence-electron chi connectivity index (χ0n) is 82.4. The lowest BCUT2D eigenvalue weighted by atomic mass is 9.87. The Morgan fingerprint density at radius 2 is 1.02 bits per heavy atom. The number of ether oxygens (including phenoxy) is 4. The summed E-state index contributed by atoms with van der Waals surface area (Å²) in [7, 11) is 0. The molecule has 0 amide bonds. The van der Waals surface area contributed by atoms with E-state index in [1.54, 1.807) is 77.4 Å². The van der Waals surface area contributed by atoms with E-state index >= 15 is 0 Å². The van der Waals surface area contributed by atoms with E-state index in [0.717, 1.165) is 102 Å². The number of nitrogens with one attached hydrogen (secondary N) is 1. The smallest absolute Gasteiger partial charge is 0.245 e. The number of fused-ring (bicyclic) bond motifs is 11. The number of aryl methyl sites for hydroxylation is 6. The van der Waals surface area contributed by atoms with Crippen molar-refractivity contribution in [2.24, 2.45) is 5.92 Å². The molecule has 0 spiro atoms. The Morgan fingerprint density at radius 1 is 0.406 bits per heavy atom. The highest BCUT2D eigenvalue weighted by Gasteiger charge is 2.31. The maximum absolute atomic E-state index is 5.54. The Labute approximate surface area is 797 Å². The SMILES string of the molecule is CC(C)=C1C=CCC2C=COC12.CC(C)=C1C=CNc2ncccc21.CC(C)=C1C=COc2nccnc21.CC(C)=C1CCCc2cccnc21.CC(C)=C1CCCc2ccsc21.CC(C)=C1CCCc2ocnc21.CC(C)=C1CCc2cccnc21.CC(C)=C1CCc2ncoc21.CC(C)=C1CCc2ncsc21.CC(C)=C1COCc2occc21.CC(C)=C1COc2cncnc21. The van der Waals surface area contributed by atoms with Gasteiger partial charge in [-0.15, -0.1) is 22.7 Å². The van der Waals surface area contributed by atoms with Crippen molar-refractivity contribution in [2.75, 3.05) is 18.5 Å². The standard InChI is InChI=1S/C12H15N.C11H12N2.C11H13N.C11H14O.C11H14S.C10H10N2O.C10H13NO.C10H12O2.C9H10N2O.C9H11NO.C9H11NS/c1-9(2)11-7-3-5-10-6-4-8-13-12(10)11;1-8(2)9-5-7-13-11-10(9)4-3-6-12-11;1-8(2)10-6-5-9-4-3-7-12-11(9)10;2*1-8(2)10-5-3-4-9-6-7-12-11(9)10;1-7(2)8-3-6-13-10-9(8)11-4-5-12-10;1-7(2)8-4-3-5-9-10(8)11-6-12-9;1-7(2)9-5-11-6-10-8(9)3-4-12-10;1-6(2)7-4-12-8-3-10-5-11-9(7)8;2*1-6(2)7-3-4-8-9(7)11-5-10-8/h4,6,8H,3,5,7H2,1-2H3;3-7H,1-2H3,(H,12,13);3-4,7H,5-6H2,1-2H3;3,5-7,9,11H,4H2,1-2H3;6-7H,3-5H2,1-2H3;3-6H,1-2H3;6H,3-5H2,1-2H3;3-4H,5-6H2,1-2H3;3,5H,4H2,1-2H3;2*5H,3-4H2,1-2H3. The zero-order chi connectivity index (χ0) is 94.8. The fourth-order valence-electron chi connectivity index (χ4n) is 17.6. The minimum absolute atomic E-state index is 0.306. The second kappa shape index (κ2) is 48.5. The molecule has 0 saturated heterocycles. The molecule has 12 aliphatic rings. The molecule has 0 aromatic carbocycles. The Bertz CT molecular complexity index is 5860. The molecule has 2 atom stereocenters. The topological polar surface area (TPSA) is 217 Å². The molecular formula is C113H135N11O7S2. The quantitative estimate of drug-likeness (QED) is 0.149. The fourth-order valence-corrected chi connectivity index (χ4v) is 19.8. The molecule has 0 bridgehead atoms. The van der Waals surface area contributed by atoms with Gasteiger partial charge in [0.1, 0.15) is 60.1 Å². The van der Waals surface area contributed by atoms with Gasteiger partial charge in [0.15, 0.2) is 24.3 Å². The summed E-state index contributed by atoms with van der Waals surface area (Å²) in [6.07, 6.45) is 52.2. The monoisotopic (exact) mass is 1820 g/mol. The van der Waals surface area contributed by atoms with Gasteiger partial charge in [0.2, 0.25) is 5.88 Å². The van der Waals surface area contributed by atoms with Crippen molar-refractivity contribution in [1.82, 2.24) is 49.8 Å². The molecule has 7 aliphatic carbocycles. The number of hydrogen-bond donors (Lipinski definition) is 1. The Kier molecular flexibility index (Phi) is 36.4. The van der Waals surface area contributed by atoms with Crippen molar-refractivity contribution in [3.05, 3.63) is 333 Å². The Balaban J connectivity index is 0.000000132. The summed E-state index contributed by atoms with van der Waals surface area (Å²) in [5, 5.41) is 5.34. The summed E-state index contributed by atoms with van der Waals surface area (Å²) in [6, 6.07) is 16.8. The van der Waals surface area contributed by atoms with Crippen LogP contribution in [0.2, 0.25) is 0 Å². The number of thiophene rings is 1. The third-order valence-electron chi connectivity index (χ3n) is 24.8. The van der Waals surface area contributed by atoms with Crippen LogP contribution in [0.25, 0.3) is 55.7 Å². The second-order valence-electron chi connectivity index (χ2n) is 36.8. The highest BCUT2D eigenvalue weighted by Crippen LogP contribution is 2.42. The fraction of sp³-hybridized carbons (Fsp3) is 0.381. The third-order valence-corrected chi connectivity index (χ3v) is 26.7. The third kappa shape index (κ3) is 26.1. The van der Waals surface area contributed by atoms with Crippen molar-refractivity contribution in [3.63, 3.8) is 0 Å². The number of nitrogens with zero attached hydrogens (tertiary/aromatic N) is 10. The van der Waals surface area contributed by atoms with Gasteiger partial charge in [0.25, 0.3) is 0 Å². The van der Waals surface area contributed by atoms with E-state index in [2.05, 4.69) is 248 Å². The molecule has 0 saturated carbocycles. The summed E-state index contributed by atoms with van der Waals surface area (Å²) in [4.78, 5) is 45.2. The lowest BCUT2D eigenvalue weighted by molar-refractivity contribution is 0.127. The number of pyridine rings is 3. The van der Waals surface area contributed by atoms with Gasteiger partial charge in [-0.3, -0.25) is 9.97 Å². The molecule has 696 valence electrons. The first-order chi connectivity index (χ1) is 64.2. The van der Waals surface area contributed by atoms with Crippen LogP contribution >= 0.6 is 22.7 Å². The maximum Gasteiger partial charge on any atom is 0.245 e. The average molecular weight is 1820 g/mol. The van der Waals surface area contributed by atoms with Gasteiger partial charge in [-0.1, -0.05) is 85.6 Å². The van der Waals surface area contributed by atoms with Crippen LogP contribution in [-0.4, -0.2) is 69.2 Å². The molecule has 18 nitrogen and oxygen atoms in total. The summed E-state index contributed by atoms with van der Waals surface area (Å²) in [5.74, 6) is 5.95. The van der Waals surface area contributed by atoms with Gasteiger partial charge in [-0.25, -0.2) is 39.9 Å². The number of furan rings is 1. The van der Waals surface area contributed by atoms with Crippen LogP contribution in [-0.2, 0) is 54.6 Å². The minimum atomic E-state index is 0.306. The lowest BCUT2D eigenvalue weighted by Crippen LogP contribution is -2.21. The molecule has 20 heteroatoms. The van der Waals surface area contributed by atoms with Crippen molar-refractivity contribution in [2.45, 2.75) is 268 Å². The molecule has 5 aliphatic heterocycles. The summed E-state index contributed by atoms with van der Waals surface area (Å²) < 4.78 is 37.4. The largest absolute Gasteiger partial charge is 0.493 e. The Hall–Kier alpha value is -12.1. The molecule has 10 aromatic heterocycles. The van der Waals surface area contributed by atoms with Gasteiger partial charge >= 0.3 is 0 Å². The highest BCUT2D eigenvalue weighted by molar-refractivity contribution is 7.11. The predicted molar refractivity (Wildman–Crippen MR) is 549 cm³/mol. The maximum atomic E-state index is 5.54. The predicted octanol–water partition coefficient (Wildman–Crippen LogP) is 30.1. The number of oxazole rings is 2. The minimum Gasteiger partial charge on any atom is -0.493 e. The van der Waals surface area contributed by atoms with E-state index in [1.165, 1.54) is 226 Å². The molecule has 133 heavy (non-hydrogen) atoms. The molecule has 10 aromatic rings. The number of thiazole rings is 1. The van der Waals surface area contributed by atoms with Crippen molar-refractivity contribution in [3.8, 4) is 11.6 Å². The van der Waals surface area contributed by atoms with Gasteiger partial charge in [-0.2, -0.15) is 0 Å². The van der Waals surface area contributed by atoms with Gasteiger partial charge in [0.05, 0.1) is 64.8 Å². The van der Waals surface area contributed by atoms with Crippen LogP contribution < -0.4 is 14.8 Å². The average Bonchev–Trinajstić information content (AvgIpc) is 1.82. The Morgan fingerprint density at radius 3 is 1.71 bits per heavy atom. The number of rotatable bonds is 0. The van der Waals surface area contributed by atoms with Crippen molar-refractivity contribution >= 4 is 84.2 Å². The second-order valence-corrected chi connectivity index (χ2v) is 38.6. The normalized spacial score (nSPS) is 16.5. The molecule has 0 fully saturated rings. The van der Waals surface area contributed by atoms with Crippen LogP contribution in [0.5, 0.6) is 11.6 Å². The number of anilines is 1. The molecule has 1 N–H and O–H groups in total. The summed E-state index contributed by atoms with van der Waals surface area (Å²) in [6.45, 7) is 48.9. The van der Waals surface area contributed by atoms with Crippen LogP contribution in [0.15, 0.2) is 251 Å². The van der Waals surface area contributed by atoms with E-state index in [9.17, 15) is 0 Å². The van der Waals surface area contributed by atoms with Crippen LogP contribution in [0.4, 0.5) is 5.82 Å². The van der Waals surface area contributed by atoms with E-state index in [4.69, 9.17) is 32.2 Å². The van der Waals surface area contributed by atoms with Crippen LogP contribution in [0, 0.1) is 5.92 Å². The van der Waals surface area contributed by atoms with E-state index in [0.29, 0.717) is 31.1 Å². The first kappa shape index (κ1) is 99.9. The molecular weight excluding hydrogens is 1690 g/mol. The van der Waals surface area contributed by atoms with E-state index < -0.39 is 0 Å². The van der Waals surface area contributed by atoms with Crippen LogP contribution in [0.3, 0.4) is 0 Å². The first-order valence-corrected chi connectivity index (χ1v) is 48.6. The van der Waals surface area contributed by atoms with Crippen molar-refractivity contribution < 1.29 is 32.2 Å². The summed E-state index contributed by atoms with van der Waals surface area (Å²) in [5.41, 5.74) is 46.4. The molecule has 2 unspecified atom stereocenters. The number of hydrogen-bond acceptors (Lipinski definition) is 20. The van der Waals surface area contributed by atoms with Gasteiger partial charge in [-0.05, 0) is 375 Å².